The molecule has 1 unspecified atom stereocenters. The third-order valence-corrected chi connectivity index (χ3v) is 4.67. The van der Waals surface area contributed by atoms with Gasteiger partial charge in [0.25, 0.3) is 0 Å². The minimum absolute atomic E-state index is 0.0630. The number of thiol groups is 1. The SMILES string of the molecule is O=[SH](=O)Cc1ccc(C2(c3ccc(O)cc3)CCNN2)cc1. The van der Waals surface area contributed by atoms with Crippen LogP contribution >= 0.6 is 0 Å². The van der Waals surface area contributed by atoms with Crippen molar-refractivity contribution in [3.05, 3.63) is 65.2 Å². The van der Waals surface area contributed by atoms with E-state index in [-0.39, 0.29) is 17.0 Å². The van der Waals surface area contributed by atoms with Crippen LogP contribution in [0.4, 0.5) is 0 Å². The van der Waals surface area contributed by atoms with Gasteiger partial charge < -0.3 is 5.11 Å². The fraction of sp³-hybridized carbons (Fsp3) is 0.250. The summed E-state index contributed by atoms with van der Waals surface area (Å²) >= 11 is 0. The number of nitrogens with one attached hydrogen (secondary N) is 2. The highest BCUT2D eigenvalue weighted by Gasteiger charge is 2.37. The maximum absolute atomic E-state index is 10.8. The van der Waals surface area contributed by atoms with Gasteiger partial charge in [0.1, 0.15) is 16.5 Å². The lowest BCUT2D eigenvalue weighted by molar-refractivity contribution is 0.440. The topological polar surface area (TPSA) is 78.4 Å². The first-order valence-electron chi connectivity index (χ1n) is 7.11. The molecule has 5 nitrogen and oxygen atoms in total. The van der Waals surface area contributed by atoms with Gasteiger partial charge in [0.2, 0.25) is 0 Å². The molecule has 1 fully saturated rings. The van der Waals surface area contributed by atoms with E-state index < -0.39 is 10.7 Å². The maximum Gasteiger partial charge on any atom is 0.144 e. The number of phenols is 1. The molecule has 0 aromatic heterocycles. The van der Waals surface area contributed by atoms with Crippen LogP contribution in [0.1, 0.15) is 23.1 Å². The van der Waals surface area contributed by atoms with Gasteiger partial charge in [-0.3, -0.25) is 5.43 Å². The Labute approximate surface area is 130 Å². The van der Waals surface area contributed by atoms with Gasteiger partial charge in [-0.1, -0.05) is 36.4 Å². The number of benzene rings is 2. The van der Waals surface area contributed by atoms with Gasteiger partial charge in [-0.15, -0.1) is 0 Å². The van der Waals surface area contributed by atoms with E-state index in [1.165, 1.54) is 0 Å². The highest BCUT2D eigenvalue weighted by molar-refractivity contribution is 7.71. The Balaban J connectivity index is 1.98. The van der Waals surface area contributed by atoms with E-state index in [0.717, 1.165) is 29.7 Å². The van der Waals surface area contributed by atoms with Gasteiger partial charge in [0, 0.05) is 6.54 Å². The van der Waals surface area contributed by atoms with Gasteiger partial charge in [0.15, 0.2) is 0 Å². The van der Waals surface area contributed by atoms with E-state index in [9.17, 15) is 13.5 Å². The van der Waals surface area contributed by atoms with Crippen molar-refractivity contribution < 1.29 is 13.5 Å². The van der Waals surface area contributed by atoms with Crippen molar-refractivity contribution in [3.63, 3.8) is 0 Å². The third kappa shape index (κ3) is 2.85. The second-order valence-electron chi connectivity index (χ2n) is 5.44. The van der Waals surface area contributed by atoms with Crippen LogP contribution in [0.5, 0.6) is 5.75 Å². The molecule has 6 heteroatoms. The minimum atomic E-state index is -2.41. The van der Waals surface area contributed by atoms with Gasteiger partial charge in [-0.05, 0) is 35.2 Å². The molecule has 3 rings (SSSR count). The molecule has 0 aliphatic carbocycles. The highest BCUT2D eigenvalue weighted by Crippen LogP contribution is 2.35. The summed E-state index contributed by atoms with van der Waals surface area (Å²) in [6.07, 6.45) is 0.868. The first kappa shape index (κ1) is 15.0. The van der Waals surface area contributed by atoms with Crippen LogP contribution in [0.15, 0.2) is 48.5 Å². The summed E-state index contributed by atoms with van der Waals surface area (Å²) in [6, 6.07) is 14.8. The van der Waals surface area contributed by atoms with Crippen molar-refractivity contribution in [1.82, 2.24) is 10.9 Å². The van der Waals surface area contributed by atoms with E-state index in [1.54, 1.807) is 12.1 Å². The average molecular weight is 318 g/mol. The van der Waals surface area contributed by atoms with E-state index in [0.29, 0.717) is 0 Å². The Hall–Kier alpha value is -1.89. The van der Waals surface area contributed by atoms with Crippen molar-refractivity contribution >= 4 is 10.7 Å². The zero-order valence-electron chi connectivity index (χ0n) is 12.0. The van der Waals surface area contributed by atoms with Crippen LogP contribution in [0.2, 0.25) is 0 Å². The largest absolute Gasteiger partial charge is 0.508 e. The molecule has 0 bridgehead atoms. The maximum atomic E-state index is 10.8. The molecule has 1 atom stereocenters. The summed E-state index contributed by atoms with van der Waals surface area (Å²) in [4.78, 5) is 0. The van der Waals surface area contributed by atoms with Crippen molar-refractivity contribution in [2.24, 2.45) is 0 Å². The quantitative estimate of drug-likeness (QED) is 0.638. The molecule has 0 amide bonds. The Kier molecular flexibility index (Phi) is 4.15. The van der Waals surface area contributed by atoms with Crippen LogP contribution in [0, 0.1) is 0 Å². The Morgan fingerprint density at radius 2 is 1.59 bits per heavy atom. The summed E-state index contributed by atoms with van der Waals surface area (Å²) in [5, 5.41) is 9.48. The molecule has 1 aliphatic heterocycles. The lowest BCUT2D eigenvalue weighted by Crippen LogP contribution is -2.42. The molecule has 1 heterocycles. The number of hydrogen-bond acceptors (Lipinski definition) is 5. The fourth-order valence-corrected chi connectivity index (χ4v) is 3.42. The smallest absolute Gasteiger partial charge is 0.144 e. The summed E-state index contributed by atoms with van der Waals surface area (Å²) in [5.41, 5.74) is 9.03. The zero-order chi connectivity index (χ0) is 15.6. The minimum Gasteiger partial charge on any atom is -0.508 e. The highest BCUT2D eigenvalue weighted by atomic mass is 32.2. The lowest BCUT2D eigenvalue weighted by atomic mass is 9.81. The van der Waals surface area contributed by atoms with E-state index in [1.807, 2.05) is 36.4 Å². The fourth-order valence-electron chi connectivity index (χ4n) is 2.92. The molecular weight excluding hydrogens is 300 g/mol. The number of rotatable bonds is 4. The van der Waals surface area contributed by atoms with Crippen molar-refractivity contribution in [2.75, 3.05) is 6.54 Å². The van der Waals surface area contributed by atoms with Crippen molar-refractivity contribution in [1.29, 1.82) is 0 Å². The first-order valence-corrected chi connectivity index (χ1v) is 8.47. The van der Waals surface area contributed by atoms with Crippen LogP contribution in [0.3, 0.4) is 0 Å². The molecule has 0 saturated carbocycles. The van der Waals surface area contributed by atoms with E-state index in [4.69, 9.17) is 0 Å². The van der Waals surface area contributed by atoms with Crippen LogP contribution in [-0.2, 0) is 22.0 Å². The van der Waals surface area contributed by atoms with E-state index >= 15 is 0 Å². The molecule has 1 saturated heterocycles. The molecule has 1 aliphatic rings. The standard InChI is InChI=1S/C16H18N2O3S/c19-15-7-5-14(6-8-15)16(9-10-17-18-16)13-3-1-12(2-4-13)11-22(20)21/h1-8,17-19,22H,9-11H2. The molecule has 0 spiro atoms. The first-order chi connectivity index (χ1) is 10.6. The normalized spacial score (nSPS) is 21.3. The predicted molar refractivity (Wildman–Crippen MR) is 85.1 cm³/mol. The molecule has 116 valence electrons. The molecule has 2 aromatic rings. The molecule has 3 N–H and O–H groups in total. The van der Waals surface area contributed by atoms with Crippen LogP contribution in [-0.4, -0.2) is 20.1 Å². The summed E-state index contributed by atoms with van der Waals surface area (Å²) < 4.78 is 21.6. The van der Waals surface area contributed by atoms with Gasteiger partial charge >= 0.3 is 0 Å². The third-order valence-electron chi connectivity index (χ3n) is 4.05. The van der Waals surface area contributed by atoms with Gasteiger partial charge in [-0.25, -0.2) is 13.8 Å². The number of aromatic hydroxyl groups is 1. The van der Waals surface area contributed by atoms with Crippen LogP contribution in [0.25, 0.3) is 0 Å². The zero-order valence-corrected chi connectivity index (χ0v) is 12.8. The molecular formula is C16H18N2O3S. The van der Waals surface area contributed by atoms with Crippen molar-refractivity contribution in [3.8, 4) is 5.75 Å². The second kappa shape index (κ2) is 6.08. The summed E-state index contributed by atoms with van der Waals surface area (Å²) in [5.74, 6) is 0.299. The van der Waals surface area contributed by atoms with Crippen molar-refractivity contribution in [2.45, 2.75) is 17.7 Å². The average Bonchev–Trinajstić information content (AvgIpc) is 2.99. The summed E-state index contributed by atoms with van der Waals surface area (Å²) in [7, 11) is -2.41. The summed E-state index contributed by atoms with van der Waals surface area (Å²) in [6.45, 7) is 0.828. The lowest BCUT2D eigenvalue weighted by Gasteiger charge is -2.30. The van der Waals surface area contributed by atoms with Gasteiger partial charge in [0.05, 0.1) is 11.3 Å². The monoisotopic (exact) mass is 318 g/mol. The predicted octanol–water partition coefficient (Wildman–Crippen LogP) is 1.25. The molecule has 22 heavy (non-hydrogen) atoms. The van der Waals surface area contributed by atoms with Crippen LogP contribution < -0.4 is 10.9 Å². The number of hydrogen-bond donors (Lipinski definition) is 4. The second-order valence-corrected chi connectivity index (χ2v) is 6.42. The molecule has 0 radical (unpaired) electrons. The molecule has 2 aromatic carbocycles. The van der Waals surface area contributed by atoms with Gasteiger partial charge in [-0.2, -0.15) is 0 Å². The number of phenolic OH excluding ortho intramolecular Hbond substituents is 1. The Morgan fingerprint density at radius 3 is 2.09 bits per heavy atom. The number of hydrazine groups is 1. The Morgan fingerprint density at radius 1 is 1.00 bits per heavy atom. The Bertz CT molecular complexity index is 710. The van der Waals surface area contributed by atoms with E-state index in [2.05, 4.69) is 10.9 Å².